The van der Waals surface area contributed by atoms with Crippen LogP contribution in [0.4, 0.5) is 0 Å². The maximum atomic E-state index is 12.7. The Kier molecular flexibility index (Phi) is 6.25. The minimum absolute atomic E-state index is 0.0271. The number of carbonyl (C=O) groups excluding carboxylic acids is 1. The first-order valence-corrected chi connectivity index (χ1v) is 10.4. The highest BCUT2D eigenvalue weighted by atomic mass is 32.2. The van der Waals surface area contributed by atoms with Crippen LogP contribution >= 0.6 is 11.8 Å². The first kappa shape index (κ1) is 18.8. The number of hydrogen-bond donors (Lipinski definition) is 1. The van der Waals surface area contributed by atoms with Crippen LogP contribution in [0.5, 0.6) is 5.75 Å². The molecule has 1 heterocycles. The summed E-state index contributed by atoms with van der Waals surface area (Å²) in [5.41, 5.74) is 4.06. The lowest BCUT2D eigenvalue weighted by molar-refractivity contribution is -0.130. The van der Waals surface area contributed by atoms with Crippen molar-refractivity contribution in [3.63, 3.8) is 0 Å². The Hall–Kier alpha value is -1.94. The highest BCUT2D eigenvalue weighted by Crippen LogP contribution is 2.38. The summed E-state index contributed by atoms with van der Waals surface area (Å²) in [5.74, 6) is 2.69. The number of amides is 1. The van der Waals surface area contributed by atoms with Crippen molar-refractivity contribution in [3.05, 3.63) is 64.7 Å². The fraction of sp³-hybridized carbons (Fsp3) is 0.409. The predicted molar refractivity (Wildman–Crippen MR) is 109 cm³/mol. The zero-order valence-corrected chi connectivity index (χ0v) is 16.4. The van der Waals surface area contributed by atoms with Crippen LogP contribution in [0.2, 0.25) is 0 Å². The molecule has 1 saturated heterocycles. The maximum absolute atomic E-state index is 12.7. The van der Waals surface area contributed by atoms with Gasteiger partial charge >= 0.3 is 0 Å². The lowest BCUT2D eigenvalue weighted by Crippen LogP contribution is -2.37. The van der Waals surface area contributed by atoms with Crippen LogP contribution in [0.3, 0.4) is 0 Å². The highest BCUT2D eigenvalue weighted by molar-refractivity contribution is 7.99. The Labute approximate surface area is 160 Å². The molecule has 0 aliphatic carbocycles. The van der Waals surface area contributed by atoms with E-state index in [0.717, 1.165) is 46.8 Å². The third-order valence-corrected chi connectivity index (χ3v) is 6.14. The summed E-state index contributed by atoms with van der Waals surface area (Å²) in [5, 5.41) is 10.7. The number of phenolic OH excluding ortho intramolecular Hbond substituents is 1. The highest BCUT2D eigenvalue weighted by Gasteiger charge is 2.24. The summed E-state index contributed by atoms with van der Waals surface area (Å²) in [6.07, 6.45) is 1.22. The number of carbonyl (C=O) groups is 1. The van der Waals surface area contributed by atoms with Gasteiger partial charge in [-0.05, 0) is 37.0 Å². The van der Waals surface area contributed by atoms with Gasteiger partial charge in [0.1, 0.15) is 5.75 Å². The zero-order chi connectivity index (χ0) is 18.5. The van der Waals surface area contributed by atoms with Crippen LogP contribution in [0.1, 0.15) is 41.0 Å². The number of rotatable bonds is 5. The van der Waals surface area contributed by atoms with Crippen molar-refractivity contribution >= 4 is 17.7 Å². The van der Waals surface area contributed by atoms with E-state index in [2.05, 4.69) is 18.2 Å². The molecule has 26 heavy (non-hydrogen) atoms. The smallest absolute Gasteiger partial charge is 0.222 e. The number of aromatic hydroxyl groups is 1. The zero-order valence-electron chi connectivity index (χ0n) is 15.6. The average molecular weight is 370 g/mol. The second-order valence-electron chi connectivity index (χ2n) is 6.96. The molecule has 4 heteroatoms. The van der Waals surface area contributed by atoms with Crippen molar-refractivity contribution in [2.75, 3.05) is 24.6 Å². The van der Waals surface area contributed by atoms with Crippen LogP contribution in [0, 0.1) is 13.8 Å². The Morgan fingerprint density at radius 1 is 1.08 bits per heavy atom. The first-order chi connectivity index (χ1) is 12.6. The van der Waals surface area contributed by atoms with Gasteiger partial charge in [0.15, 0.2) is 0 Å². The number of thioether (sulfide) groups is 1. The molecule has 1 aliphatic rings. The topological polar surface area (TPSA) is 40.5 Å². The molecular weight excluding hydrogens is 342 g/mol. The summed E-state index contributed by atoms with van der Waals surface area (Å²) in [6.45, 7) is 5.67. The first-order valence-electron chi connectivity index (χ1n) is 9.27. The van der Waals surface area contributed by atoms with E-state index >= 15 is 0 Å². The molecule has 1 N–H and O–H groups in total. The lowest BCUT2D eigenvalue weighted by Gasteiger charge is -2.28. The third-order valence-electron chi connectivity index (χ3n) is 5.20. The average Bonchev–Trinajstić information content (AvgIpc) is 2.68. The normalized spacial score (nSPS) is 15.7. The van der Waals surface area contributed by atoms with Gasteiger partial charge in [0.05, 0.1) is 0 Å². The van der Waals surface area contributed by atoms with E-state index in [9.17, 15) is 9.90 Å². The van der Waals surface area contributed by atoms with Crippen molar-refractivity contribution in [2.45, 2.75) is 32.6 Å². The van der Waals surface area contributed by atoms with E-state index in [0.29, 0.717) is 18.6 Å². The molecule has 2 aromatic rings. The molecule has 1 aliphatic heterocycles. The minimum atomic E-state index is 0.0271. The fourth-order valence-corrected chi connectivity index (χ4v) is 4.56. The number of phenols is 1. The van der Waals surface area contributed by atoms with Gasteiger partial charge in [-0.15, -0.1) is 0 Å². The SMILES string of the molecule is Cc1ccc(C)c(C(CCC(=O)N2CCSCC2)c2ccccc2)c1O. The summed E-state index contributed by atoms with van der Waals surface area (Å²) >= 11 is 1.91. The number of nitrogens with zero attached hydrogens (tertiary/aromatic N) is 1. The van der Waals surface area contributed by atoms with Gasteiger partial charge in [-0.3, -0.25) is 4.79 Å². The lowest BCUT2D eigenvalue weighted by atomic mass is 9.83. The van der Waals surface area contributed by atoms with Gasteiger partial charge in [0, 0.05) is 42.5 Å². The molecular formula is C22H27NO2S. The molecule has 0 spiro atoms. The largest absolute Gasteiger partial charge is 0.507 e. The molecule has 0 saturated carbocycles. The Morgan fingerprint density at radius 2 is 1.73 bits per heavy atom. The predicted octanol–water partition coefficient (Wildman–Crippen LogP) is 4.50. The van der Waals surface area contributed by atoms with Crippen molar-refractivity contribution in [3.8, 4) is 5.75 Å². The van der Waals surface area contributed by atoms with E-state index in [1.54, 1.807) is 0 Å². The summed E-state index contributed by atoms with van der Waals surface area (Å²) in [6, 6.07) is 14.2. The summed E-state index contributed by atoms with van der Waals surface area (Å²) < 4.78 is 0. The van der Waals surface area contributed by atoms with E-state index in [1.165, 1.54) is 0 Å². The van der Waals surface area contributed by atoms with Crippen molar-refractivity contribution in [2.24, 2.45) is 0 Å². The van der Waals surface area contributed by atoms with Crippen LogP contribution in [0.15, 0.2) is 42.5 Å². The molecule has 2 aromatic carbocycles. The number of hydrogen-bond acceptors (Lipinski definition) is 3. The Morgan fingerprint density at radius 3 is 2.42 bits per heavy atom. The second kappa shape index (κ2) is 8.63. The van der Waals surface area contributed by atoms with Gasteiger partial charge in [0.25, 0.3) is 0 Å². The molecule has 0 bridgehead atoms. The Balaban J connectivity index is 1.86. The molecule has 1 fully saturated rings. The van der Waals surface area contributed by atoms with Gasteiger partial charge in [-0.2, -0.15) is 11.8 Å². The number of aryl methyl sites for hydroxylation is 2. The monoisotopic (exact) mass is 369 g/mol. The molecule has 138 valence electrons. The van der Waals surface area contributed by atoms with E-state index in [4.69, 9.17) is 0 Å². The van der Waals surface area contributed by atoms with Gasteiger partial charge in [-0.25, -0.2) is 0 Å². The van der Waals surface area contributed by atoms with Crippen LogP contribution in [-0.4, -0.2) is 40.5 Å². The number of benzene rings is 2. The van der Waals surface area contributed by atoms with E-state index in [1.807, 2.05) is 54.8 Å². The van der Waals surface area contributed by atoms with Gasteiger partial charge in [-0.1, -0.05) is 42.5 Å². The quantitative estimate of drug-likeness (QED) is 0.844. The molecule has 3 nitrogen and oxygen atoms in total. The summed E-state index contributed by atoms with van der Waals surface area (Å²) in [7, 11) is 0. The maximum Gasteiger partial charge on any atom is 0.222 e. The summed E-state index contributed by atoms with van der Waals surface area (Å²) in [4.78, 5) is 14.6. The standard InChI is InChI=1S/C22H27NO2S/c1-16-8-9-17(2)22(25)21(16)19(18-6-4-3-5-7-18)10-11-20(24)23-12-14-26-15-13-23/h3-9,19,25H,10-15H2,1-2H3. The molecule has 0 radical (unpaired) electrons. The second-order valence-corrected chi connectivity index (χ2v) is 8.18. The van der Waals surface area contributed by atoms with Gasteiger partial charge in [0.2, 0.25) is 5.91 Å². The molecule has 3 rings (SSSR count). The molecule has 1 atom stereocenters. The van der Waals surface area contributed by atoms with Crippen molar-refractivity contribution in [1.82, 2.24) is 4.90 Å². The van der Waals surface area contributed by atoms with E-state index in [-0.39, 0.29) is 11.8 Å². The van der Waals surface area contributed by atoms with Crippen molar-refractivity contribution < 1.29 is 9.90 Å². The third kappa shape index (κ3) is 4.24. The molecule has 1 unspecified atom stereocenters. The van der Waals surface area contributed by atoms with Crippen LogP contribution in [-0.2, 0) is 4.79 Å². The van der Waals surface area contributed by atoms with E-state index < -0.39 is 0 Å². The molecule has 1 amide bonds. The molecule has 0 aromatic heterocycles. The fourth-order valence-electron chi connectivity index (χ4n) is 3.66. The van der Waals surface area contributed by atoms with Gasteiger partial charge < -0.3 is 10.0 Å². The Bertz CT molecular complexity index is 754. The minimum Gasteiger partial charge on any atom is -0.507 e. The van der Waals surface area contributed by atoms with Crippen molar-refractivity contribution in [1.29, 1.82) is 0 Å². The van der Waals surface area contributed by atoms with Crippen LogP contribution in [0.25, 0.3) is 0 Å². The van der Waals surface area contributed by atoms with Crippen LogP contribution < -0.4 is 0 Å².